The van der Waals surface area contributed by atoms with Crippen molar-refractivity contribution in [1.29, 1.82) is 0 Å². The first kappa shape index (κ1) is 19.2. The SMILES string of the molecule is CC(NC(=O)c1ccccc1)C(=O)NCc1ccc(C(=O)N(C)C)cc1. The minimum absolute atomic E-state index is 0.0715. The number of amides is 3. The molecule has 0 aliphatic rings. The maximum atomic E-state index is 12.2. The van der Waals surface area contributed by atoms with Gasteiger partial charge in [-0.05, 0) is 36.8 Å². The molecule has 0 bridgehead atoms. The summed E-state index contributed by atoms with van der Waals surface area (Å²) in [7, 11) is 3.39. The number of hydrogen-bond acceptors (Lipinski definition) is 3. The number of nitrogens with one attached hydrogen (secondary N) is 2. The Morgan fingerprint density at radius 1 is 0.923 bits per heavy atom. The Bertz CT molecular complexity index is 771. The van der Waals surface area contributed by atoms with Crippen molar-refractivity contribution >= 4 is 17.7 Å². The van der Waals surface area contributed by atoms with Crippen molar-refractivity contribution in [3.63, 3.8) is 0 Å². The summed E-state index contributed by atoms with van der Waals surface area (Å²) in [6.45, 7) is 1.95. The predicted octanol–water partition coefficient (Wildman–Crippen LogP) is 1.82. The maximum Gasteiger partial charge on any atom is 0.253 e. The first-order valence-electron chi connectivity index (χ1n) is 8.32. The topological polar surface area (TPSA) is 78.5 Å². The minimum Gasteiger partial charge on any atom is -0.350 e. The summed E-state index contributed by atoms with van der Waals surface area (Å²) in [5.74, 6) is -0.639. The summed E-state index contributed by atoms with van der Waals surface area (Å²) in [5.41, 5.74) is 1.97. The number of hydrogen-bond donors (Lipinski definition) is 2. The van der Waals surface area contributed by atoms with E-state index in [2.05, 4.69) is 10.6 Å². The Balaban J connectivity index is 1.86. The van der Waals surface area contributed by atoms with Crippen LogP contribution in [0.5, 0.6) is 0 Å². The van der Waals surface area contributed by atoms with Crippen LogP contribution in [0.2, 0.25) is 0 Å². The molecule has 0 aliphatic carbocycles. The molecule has 6 nitrogen and oxygen atoms in total. The molecule has 6 heteroatoms. The summed E-state index contributed by atoms with van der Waals surface area (Å²) < 4.78 is 0. The van der Waals surface area contributed by atoms with Crippen molar-refractivity contribution in [2.45, 2.75) is 19.5 Å². The van der Waals surface area contributed by atoms with Gasteiger partial charge in [0.2, 0.25) is 5.91 Å². The van der Waals surface area contributed by atoms with Gasteiger partial charge in [0.25, 0.3) is 11.8 Å². The molecule has 0 radical (unpaired) electrons. The highest BCUT2D eigenvalue weighted by Gasteiger charge is 2.16. The smallest absolute Gasteiger partial charge is 0.253 e. The molecule has 0 fully saturated rings. The van der Waals surface area contributed by atoms with Crippen molar-refractivity contribution < 1.29 is 14.4 Å². The van der Waals surface area contributed by atoms with Gasteiger partial charge in [-0.15, -0.1) is 0 Å². The lowest BCUT2D eigenvalue weighted by molar-refractivity contribution is -0.122. The molecule has 26 heavy (non-hydrogen) atoms. The van der Waals surface area contributed by atoms with Gasteiger partial charge < -0.3 is 15.5 Å². The van der Waals surface area contributed by atoms with Crippen molar-refractivity contribution in [1.82, 2.24) is 15.5 Å². The molecule has 0 heterocycles. The molecule has 1 atom stereocenters. The van der Waals surface area contributed by atoms with E-state index in [1.54, 1.807) is 69.6 Å². The van der Waals surface area contributed by atoms with E-state index in [0.717, 1.165) is 5.56 Å². The number of carbonyl (C=O) groups is 3. The Morgan fingerprint density at radius 2 is 1.54 bits per heavy atom. The second-order valence-electron chi connectivity index (χ2n) is 6.18. The third-order valence-corrected chi connectivity index (χ3v) is 3.85. The standard InChI is InChI=1S/C20H23N3O3/c1-14(22-19(25)16-7-5-4-6-8-16)18(24)21-13-15-9-11-17(12-10-15)20(26)23(2)3/h4-12,14H,13H2,1-3H3,(H,21,24)(H,22,25). The average molecular weight is 353 g/mol. The van der Waals surface area contributed by atoms with Gasteiger partial charge in [-0.3, -0.25) is 14.4 Å². The third-order valence-electron chi connectivity index (χ3n) is 3.85. The molecule has 2 aromatic rings. The fraction of sp³-hybridized carbons (Fsp3) is 0.250. The maximum absolute atomic E-state index is 12.2. The van der Waals surface area contributed by atoms with Gasteiger partial charge in [0.1, 0.15) is 6.04 Å². The third kappa shape index (κ3) is 5.17. The monoisotopic (exact) mass is 353 g/mol. The molecule has 1 unspecified atom stereocenters. The summed E-state index contributed by atoms with van der Waals surface area (Å²) >= 11 is 0. The normalized spacial score (nSPS) is 11.3. The van der Waals surface area contributed by atoms with Gasteiger partial charge in [-0.25, -0.2) is 0 Å². The van der Waals surface area contributed by atoms with Gasteiger partial charge in [0.05, 0.1) is 0 Å². The molecule has 3 amide bonds. The van der Waals surface area contributed by atoms with E-state index in [1.165, 1.54) is 4.90 Å². The minimum atomic E-state index is -0.655. The highest BCUT2D eigenvalue weighted by Crippen LogP contribution is 2.06. The van der Waals surface area contributed by atoms with E-state index in [9.17, 15) is 14.4 Å². The zero-order valence-corrected chi connectivity index (χ0v) is 15.2. The van der Waals surface area contributed by atoms with E-state index in [4.69, 9.17) is 0 Å². The Morgan fingerprint density at radius 3 is 2.12 bits per heavy atom. The van der Waals surface area contributed by atoms with Gasteiger partial charge in [-0.1, -0.05) is 30.3 Å². The lowest BCUT2D eigenvalue weighted by atomic mass is 10.1. The van der Waals surface area contributed by atoms with E-state index in [1.807, 2.05) is 6.07 Å². The van der Waals surface area contributed by atoms with Gasteiger partial charge >= 0.3 is 0 Å². The second-order valence-corrected chi connectivity index (χ2v) is 6.18. The molecular weight excluding hydrogens is 330 g/mol. The van der Waals surface area contributed by atoms with E-state index >= 15 is 0 Å². The molecule has 0 aliphatic heterocycles. The summed E-state index contributed by atoms with van der Waals surface area (Å²) in [6, 6.07) is 15.1. The summed E-state index contributed by atoms with van der Waals surface area (Å²) in [6.07, 6.45) is 0. The molecule has 2 rings (SSSR count). The Kier molecular flexibility index (Phi) is 6.49. The largest absolute Gasteiger partial charge is 0.350 e. The predicted molar refractivity (Wildman–Crippen MR) is 99.7 cm³/mol. The first-order valence-corrected chi connectivity index (χ1v) is 8.32. The summed E-state index contributed by atoms with van der Waals surface area (Å²) in [4.78, 5) is 37.6. The van der Waals surface area contributed by atoms with Crippen LogP contribution in [-0.2, 0) is 11.3 Å². The number of carbonyl (C=O) groups excluding carboxylic acids is 3. The van der Waals surface area contributed by atoms with Crippen LogP contribution < -0.4 is 10.6 Å². The van der Waals surface area contributed by atoms with Gasteiger partial charge in [-0.2, -0.15) is 0 Å². The van der Waals surface area contributed by atoms with Crippen molar-refractivity contribution in [2.75, 3.05) is 14.1 Å². The first-order chi connectivity index (χ1) is 12.4. The molecular formula is C20H23N3O3. The van der Waals surface area contributed by atoms with Crippen LogP contribution in [0.1, 0.15) is 33.2 Å². The van der Waals surface area contributed by atoms with E-state index in [-0.39, 0.29) is 17.7 Å². The van der Waals surface area contributed by atoms with Gasteiger partial charge in [0, 0.05) is 31.8 Å². The van der Waals surface area contributed by atoms with Crippen LogP contribution in [0.4, 0.5) is 0 Å². The number of nitrogens with zero attached hydrogens (tertiary/aromatic N) is 1. The second kappa shape index (κ2) is 8.80. The molecule has 0 spiro atoms. The Hall–Kier alpha value is -3.15. The quantitative estimate of drug-likeness (QED) is 0.831. The van der Waals surface area contributed by atoms with Crippen LogP contribution in [0.3, 0.4) is 0 Å². The molecule has 2 aromatic carbocycles. The molecule has 2 N–H and O–H groups in total. The van der Waals surface area contributed by atoms with E-state index < -0.39 is 6.04 Å². The van der Waals surface area contributed by atoms with Crippen LogP contribution in [0, 0.1) is 0 Å². The van der Waals surface area contributed by atoms with Crippen molar-refractivity contribution in [3.8, 4) is 0 Å². The molecule has 136 valence electrons. The van der Waals surface area contributed by atoms with Crippen molar-refractivity contribution in [2.24, 2.45) is 0 Å². The van der Waals surface area contributed by atoms with Crippen LogP contribution in [-0.4, -0.2) is 42.8 Å². The molecule has 0 aromatic heterocycles. The van der Waals surface area contributed by atoms with Crippen LogP contribution >= 0.6 is 0 Å². The lowest BCUT2D eigenvalue weighted by Crippen LogP contribution is -2.44. The highest BCUT2D eigenvalue weighted by atomic mass is 16.2. The van der Waals surface area contributed by atoms with Gasteiger partial charge in [0.15, 0.2) is 0 Å². The van der Waals surface area contributed by atoms with Crippen LogP contribution in [0.15, 0.2) is 54.6 Å². The lowest BCUT2D eigenvalue weighted by Gasteiger charge is -2.14. The zero-order chi connectivity index (χ0) is 19.1. The molecule has 0 saturated carbocycles. The fourth-order valence-electron chi connectivity index (χ4n) is 2.30. The van der Waals surface area contributed by atoms with Crippen LogP contribution in [0.25, 0.3) is 0 Å². The fourth-order valence-corrected chi connectivity index (χ4v) is 2.30. The number of benzene rings is 2. The Labute approximate surface area is 153 Å². The van der Waals surface area contributed by atoms with E-state index in [0.29, 0.717) is 17.7 Å². The average Bonchev–Trinajstić information content (AvgIpc) is 2.66. The zero-order valence-electron chi connectivity index (χ0n) is 15.2. The summed E-state index contributed by atoms with van der Waals surface area (Å²) in [5, 5.41) is 5.45. The molecule has 0 saturated heterocycles. The van der Waals surface area contributed by atoms with Crippen molar-refractivity contribution in [3.05, 3.63) is 71.3 Å². The highest BCUT2D eigenvalue weighted by molar-refractivity contribution is 5.97. The number of rotatable bonds is 6.